The molecule has 192 valence electrons. The van der Waals surface area contributed by atoms with Crippen LogP contribution >= 0.6 is 0 Å². The number of carbonyl (C=O) groups excluding carboxylic acids is 2. The second-order valence-corrected chi connectivity index (χ2v) is 7.91. The molecule has 2 heterocycles. The largest absolute Gasteiger partial charge is 0.490 e. The van der Waals surface area contributed by atoms with Crippen LogP contribution in [0, 0.1) is 0 Å². The number of hydrogen-bond donors (Lipinski definition) is 0. The van der Waals surface area contributed by atoms with Crippen molar-refractivity contribution in [1.82, 2.24) is 0 Å². The molecule has 2 aromatic rings. The normalized spacial score (nSPS) is 16.9. The fourth-order valence-electron chi connectivity index (χ4n) is 3.53. The molecule has 0 N–H and O–H groups in total. The summed E-state index contributed by atoms with van der Waals surface area (Å²) < 4.78 is 23.1. The summed E-state index contributed by atoms with van der Waals surface area (Å²) in [4.78, 5) is 33.1. The Bertz CT molecular complexity index is 1240. The van der Waals surface area contributed by atoms with Crippen molar-refractivity contribution in [3.8, 4) is 23.0 Å². The van der Waals surface area contributed by atoms with Crippen molar-refractivity contribution >= 4 is 35.5 Å². The second-order valence-electron chi connectivity index (χ2n) is 7.91. The quantitative estimate of drug-likeness (QED) is 0.262. The number of benzene rings is 2. The molecule has 4 rings (SSSR count). The van der Waals surface area contributed by atoms with Gasteiger partial charge in [-0.2, -0.15) is 0 Å². The lowest BCUT2D eigenvalue weighted by Gasteiger charge is -2.15. The summed E-state index contributed by atoms with van der Waals surface area (Å²) in [5.41, 5.74) is 3.25. The highest BCUT2D eigenvalue weighted by Gasteiger charge is 2.23. The van der Waals surface area contributed by atoms with Gasteiger partial charge in [0.05, 0.1) is 35.8 Å². The lowest BCUT2D eigenvalue weighted by Crippen LogP contribution is -2.08. The first kappa shape index (κ1) is 25.5. The van der Waals surface area contributed by atoms with Crippen LogP contribution in [0.5, 0.6) is 23.0 Å². The molecule has 0 bridgehead atoms. The van der Waals surface area contributed by atoms with Gasteiger partial charge in [-0.05, 0) is 75.2 Å². The minimum absolute atomic E-state index is 0.114. The molecule has 0 fully saturated rings. The zero-order valence-corrected chi connectivity index (χ0v) is 20.9. The lowest BCUT2D eigenvalue weighted by atomic mass is 10.1. The zero-order chi connectivity index (χ0) is 26.4. The van der Waals surface area contributed by atoms with Crippen LogP contribution in [-0.4, -0.2) is 43.4 Å². The molecule has 2 aromatic carbocycles. The molecule has 10 nitrogen and oxygen atoms in total. The molecular weight excluding hydrogens is 480 g/mol. The van der Waals surface area contributed by atoms with Crippen LogP contribution in [0.2, 0.25) is 0 Å². The Kier molecular flexibility index (Phi) is 7.87. The monoisotopic (exact) mass is 506 g/mol. The molecule has 0 spiro atoms. The maximum atomic E-state index is 11.8. The van der Waals surface area contributed by atoms with Crippen molar-refractivity contribution in [2.45, 2.75) is 27.7 Å². The molecule has 0 saturated heterocycles. The van der Waals surface area contributed by atoms with Crippen LogP contribution in [0.1, 0.15) is 38.8 Å². The number of ether oxygens (including phenoxy) is 4. The molecule has 0 atom stereocenters. The maximum absolute atomic E-state index is 11.8. The molecule has 0 unspecified atom stereocenters. The number of nitrogens with zero attached hydrogens (tertiary/aromatic N) is 2. The predicted octanol–water partition coefficient (Wildman–Crippen LogP) is 4.53. The summed E-state index contributed by atoms with van der Waals surface area (Å²) in [6.45, 7) is 7.85. The van der Waals surface area contributed by atoms with E-state index in [0.717, 1.165) is 11.1 Å². The van der Waals surface area contributed by atoms with Crippen molar-refractivity contribution in [3.05, 3.63) is 58.7 Å². The summed E-state index contributed by atoms with van der Waals surface area (Å²) in [6, 6.07) is 10.6. The topological polar surface area (TPSA) is 114 Å². The molecular formula is C27H26N2O8. The Hall–Kier alpha value is -4.60. The second kappa shape index (κ2) is 11.4. The highest BCUT2D eigenvalue weighted by molar-refractivity contribution is 6.24. The Balaban J connectivity index is 1.47. The average molecular weight is 507 g/mol. The summed E-state index contributed by atoms with van der Waals surface area (Å²) in [7, 11) is 0. The third kappa shape index (κ3) is 5.97. The molecule has 0 saturated carbocycles. The highest BCUT2D eigenvalue weighted by Crippen LogP contribution is 2.32. The predicted molar refractivity (Wildman–Crippen MR) is 136 cm³/mol. The van der Waals surface area contributed by atoms with Gasteiger partial charge < -0.3 is 28.6 Å². The van der Waals surface area contributed by atoms with Crippen LogP contribution < -0.4 is 18.9 Å². The van der Waals surface area contributed by atoms with E-state index >= 15 is 0 Å². The molecule has 0 aromatic heterocycles. The Morgan fingerprint density at radius 1 is 0.676 bits per heavy atom. The van der Waals surface area contributed by atoms with E-state index < -0.39 is 11.9 Å². The van der Waals surface area contributed by atoms with Crippen LogP contribution in [0.3, 0.4) is 0 Å². The molecule has 0 aliphatic carbocycles. The van der Waals surface area contributed by atoms with Gasteiger partial charge in [-0.3, -0.25) is 0 Å². The van der Waals surface area contributed by atoms with Crippen molar-refractivity contribution in [1.29, 1.82) is 0 Å². The Morgan fingerprint density at radius 2 is 1.11 bits per heavy atom. The standard InChI is InChI=1S/C27H26N2O8/c1-5-32-24-13-18(11-20-16(3)28-36-26(20)30)7-9-22(24)34-15-35-23-10-8-19(14-25(23)33-6-2)12-21-17(4)29-37-27(21)31/h7-14H,5-6,15H2,1-4H3/b20-11-,21-12-. The fourth-order valence-corrected chi connectivity index (χ4v) is 3.53. The van der Waals surface area contributed by atoms with Gasteiger partial charge in [0.1, 0.15) is 0 Å². The molecule has 0 radical (unpaired) electrons. The van der Waals surface area contributed by atoms with Crippen LogP contribution in [0.15, 0.2) is 57.9 Å². The fraction of sp³-hybridized carbons (Fsp3) is 0.259. The minimum atomic E-state index is -0.497. The number of oxime groups is 2. The van der Waals surface area contributed by atoms with Gasteiger partial charge in [-0.25, -0.2) is 9.59 Å². The summed E-state index contributed by atoms with van der Waals surface area (Å²) in [5, 5.41) is 7.37. The van der Waals surface area contributed by atoms with Crippen molar-refractivity contribution in [3.63, 3.8) is 0 Å². The van der Waals surface area contributed by atoms with E-state index in [9.17, 15) is 9.59 Å². The van der Waals surface area contributed by atoms with Crippen molar-refractivity contribution in [2.24, 2.45) is 10.3 Å². The van der Waals surface area contributed by atoms with E-state index in [1.807, 2.05) is 13.8 Å². The van der Waals surface area contributed by atoms with Crippen molar-refractivity contribution in [2.75, 3.05) is 20.0 Å². The van der Waals surface area contributed by atoms with E-state index in [0.29, 0.717) is 58.8 Å². The smallest absolute Gasteiger partial charge is 0.367 e. The van der Waals surface area contributed by atoms with Gasteiger partial charge in [0, 0.05) is 0 Å². The highest BCUT2D eigenvalue weighted by atomic mass is 16.7. The van der Waals surface area contributed by atoms with E-state index in [4.69, 9.17) is 28.6 Å². The average Bonchev–Trinajstić information content (AvgIpc) is 3.37. The van der Waals surface area contributed by atoms with Crippen LogP contribution in [0.4, 0.5) is 0 Å². The van der Waals surface area contributed by atoms with E-state index in [1.165, 1.54) is 0 Å². The number of carbonyl (C=O) groups is 2. The molecule has 0 amide bonds. The van der Waals surface area contributed by atoms with Gasteiger partial charge in [-0.1, -0.05) is 22.4 Å². The van der Waals surface area contributed by atoms with E-state index in [2.05, 4.69) is 10.3 Å². The van der Waals surface area contributed by atoms with E-state index in [1.54, 1.807) is 62.4 Å². The first-order chi connectivity index (χ1) is 17.9. The zero-order valence-electron chi connectivity index (χ0n) is 20.9. The molecule has 10 heteroatoms. The SMILES string of the molecule is CCOc1cc(/C=C2\C(=O)ON=C2C)ccc1OCOc1ccc(/C=C2\C(=O)ON=C2C)cc1OCC. The van der Waals surface area contributed by atoms with Gasteiger partial charge >= 0.3 is 11.9 Å². The Labute approximate surface area is 213 Å². The first-order valence-corrected chi connectivity index (χ1v) is 11.6. The molecule has 2 aliphatic rings. The third-order valence-electron chi connectivity index (χ3n) is 5.34. The molecule has 2 aliphatic heterocycles. The summed E-state index contributed by atoms with van der Waals surface area (Å²) in [6.07, 6.45) is 3.36. The first-order valence-electron chi connectivity index (χ1n) is 11.6. The number of hydrogen-bond acceptors (Lipinski definition) is 10. The lowest BCUT2D eigenvalue weighted by molar-refractivity contribution is -0.137. The third-order valence-corrected chi connectivity index (χ3v) is 5.34. The number of rotatable bonds is 10. The minimum Gasteiger partial charge on any atom is -0.490 e. The van der Waals surface area contributed by atoms with Gasteiger partial charge in [0.15, 0.2) is 23.0 Å². The summed E-state index contributed by atoms with van der Waals surface area (Å²) >= 11 is 0. The molecule has 37 heavy (non-hydrogen) atoms. The summed E-state index contributed by atoms with van der Waals surface area (Å²) in [5.74, 6) is 0.933. The van der Waals surface area contributed by atoms with Gasteiger partial charge in [-0.15, -0.1) is 0 Å². The van der Waals surface area contributed by atoms with Crippen LogP contribution in [0.25, 0.3) is 12.2 Å². The van der Waals surface area contributed by atoms with Gasteiger partial charge in [0.2, 0.25) is 6.79 Å². The van der Waals surface area contributed by atoms with E-state index in [-0.39, 0.29) is 6.79 Å². The Morgan fingerprint density at radius 3 is 1.46 bits per heavy atom. The van der Waals surface area contributed by atoms with Gasteiger partial charge in [0.25, 0.3) is 0 Å². The van der Waals surface area contributed by atoms with Crippen molar-refractivity contribution < 1.29 is 38.2 Å². The van der Waals surface area contributed by atoms with Crippen LogP contribution in [-0.2, 0) is 19.3 Å². The maximum Gasteiger partial charge on any atom is 0.367 e.